The molecule has 0 unspecified atom stereocenters. The molecule has 2 N–H and O–H groups in total. The zero-order valence-electron chi connectivity index (χ0n) is 4.18. The van der Waals surface area contributed by atoms with E-state index in [0.29, 0.717) is 6.54 Å². The summed E-state index contributed by atoms with van der Waals surface area (Å²) in [5.74, 6) is 0. The van der Waals surface area contributed by atoms with Gasteiger partial charge in [-0.3, -0.25) is 0 Å². The van der Waals surface area contributed by atoms with Gasteiger partial charge in [0.25, 0.3) is 0 Å². The molecule has 1 saturated heterocycles. The largest absolute Gasteiger partial charge is 0.373 e. The number of ether oxygens (including phenoxy) is 1. The van der Waals surface area contributed by atoms with Crippen LogP contribution in [0.3, 0.4) is 0 Å². The minimum absolute atomic E-state index is 0.651. The highest BCUT2D eigenvalue weighted by Gasteiger charge is 2.05. The molecule has 1 fully saturated rings. The summed E-state index contributed by atoms with van der Waals surface area (Å²) < 4.78 is 4.86. The van der Waals surface area contributed by atoms with Crippen LogP contribution < -0.4 is 5.73 Å². The molecule has 0 aliphatic carbocycles. The van der Waals surface area contributed by atoms with Crippen LogP contribution in [0.1, 0.15) is 0 Å². The van der Waals surface area contributed by atoms with Gasteiger partial charge in [-0.2, -0.15) is 0 Å². The third-order valence-electron chi connectivity index (χ3n) is 0.981. The molecule has 0 aromatic rings. The molecule has 1 rings (SSSR count). The lowest BCUT2D eigenvalue weighted by Gasteiger charge is -2.16. The first-order valence-corrected chi connectivity index (χ1v) is 2.39. The quantitative estimate of drug-likeness (QED) is 0.466. The van der Waals surface area contributed by atoms with Crippen LogP contribution in [0.2, 0.25) is 0 Å². The van der Waals surface area contributed by atoms with Crippen LogP contribution in [0.15, 0.2) is 11.6 Å². The van der Waals surface area contributed by atoms with E-state index in [1.165, 1.54) is 5.57 Å². The van der Waals surface area contributed by atoms with Gasteiger partial charge in [0.2, 0.25) is 0 Å². The molecule has 0 amide bonds. The summed E-state index contributed by atoms with van der Waals surface area (Å²) in [6, 6.07) is 0. The Balaban J connectivity index is 2.23. The molecule has 1 aliphatic rings. The van der Waals surface area contributed by atoms with Gasteiger partial charge in [-0.05, 0) is 5.57 Å². The molecule has 1 aliphatic heterocycles. The van der Waals surface area contributed by atoms with Gasteiger partial charge in [0.1, 0.15) is 0 Å². The third-order valence-corrected chi connectivity index (χ3v) is 0.981. The van der Waals surface area contributed by atoms with Crippen LogP contribution in [-0.2, 0) is 4.74 Å². The average molecular weight is 99.1 g/mol. The predicted octanol–water partition coefficient (Wildman–Crippen LogP) is -0.0983. The minimum atomic E-state index is 0.651. The Morgan fingerprint density at radius 3 is 2.57 bits per heavy atom. The smallest absolute Gasteiger partial charge is 0.0703 e. The predicted molar refractivity (Wildman–Crippen MR) is 28.0 cm³/mol. The van der Waals surface area contributed by atoms with Crippen molar-refractivity contribution in [1.82, 2.24) is 0 Å². The van der Waals surface area contributed by atoms with E-state index in [1.54, 1.807) is 0 Å². The van der Waals surface area contributed by atoms with Crippen molar-refractivity contribution < 1.29 is 4.74 Å². The number of nitrogens with two attached hydrogens (primary N) is 1. The maximum absolute atomic E-state index is 5.21. The molecule has 0 atom stereocenters. The summed E-state index contributed by atoms with van der Waals surface area (Å²) in [5, 5.41) is 0. The third kappa shape index (κ3) is 1.01. The van der Waals surface area contributed by atoms with Crippen molar-refractivity contribution in [2.24, 2.45) is 5.73 Å². The van der Waals surface area contributed by atoms with Gasteiger partial charge < -0.3 is 10.5 Å². The van der Waals surface area contributed by atoms with E-state index < -0.39 is 0 Å². The van der Waals surface area contributed by atoms with Crippen LogP contribution in [0.4, 0.5) is 0 Å². The van der Waals surface area contributed by atoms with E-state index in [1.807, 2.05) is 6.08 Å². The van der Waals surface area contributed by atoms with Gasteiger partial charge in [-0.15, -0.1) is 0 Å². The van der Waals surface area contributed by atoms with Crippen LogP contribution in [0, 0.1) is 0 Å². The first-order chi connectivity index (χ1) is 3.43. The van der Waals surface area contributed by atoms with Crippen LogP contribution in [0.5, 0.6) is 0 Å². The summed E-state index contributed by atoms with van der Waals surface area (Å²) in [6.07, 6.45) is 2.00. The van der Waals surface area contributed by atoms with Gasteiger partial charge >= 0.3 is 0 Å². The standard InChI is InChI=1S/C5H9NO/c6-2-1-5-3-7-4-5/h1H,2-4,6H2. The van der Waals surface area contributed by atoms with Gasteiger partial charge in [-0.25, -0.2) is 0 Å². The highest BCUT2D eigenvalue weighted by Crippen LogP contribution is 2.05. The molecule has 0 aromatic heterocycles. The molecule has 2 heteroatoms. The molecule has 0 radical (unpaired) electrons. The Labute approximate surface area is 43.0 Å². The Hall–Kier alpha value is -0.340. The summed E-state index contributed by atoms with van der Waals surface area (Å²) in [7, 11) is 0. The van der Waals surface area contributed by atoms with Crippen molar-refractivity contribution in [3.63, 3.8) is 0 Å². The molecule has 0 aromatic carbocycles. The molecule has 0 saturated carbocycles. The summed E-state index contributed by atoms with van der Waals surface area (Å²) in [5.41, 5.74) is 6.54. The van der Waals surface area contributed by atoms with Crippen LogP contribution in [-0.4, -0.2) is 19.8 Å². The van der Waals surface area contributed by atoms with E-state index in [9.17, 15) is 0 Å². The Bertz CT molecular complexity index is 82.1. The number of hydrogen-bond acceptors (Lipinski definition) is 2. The SMILES string of the molecule is NCC=C1COC1. The van der Waals surface area contributed by atoms with E-state index in [-0.39, 0.29) is 0 Å². The van der Waals surface area contributed by atoms with Crippen molar-refractivity contribution in [2.75, 3.05) is 19.8 Å². The first kappa shape index (κ1) is 4.81. The van der Waals surface area contributed by atoms with Gasteiger partial charge in [0.05, 0.1) is 13.2 Å². The van der Waals surface area contributed by atoms with E-state index in [2.05, 4.69) is 0 Å². The topological polar surface area (TPSA) is 35.2 Å². The highest BCUT2D eigenvalue weighted by atomic mass is 16.5. The Morgan fingerprint density at radius 1 is 1.71 bits per heavy atom. The molecule has 0 spiro atoms. The molecule has 1 heterocycles. The van der Waals surface area contributed by atoms with E-state index in [0.717, 1.165) is 13.2 Å². The maximum atomic E-state index is 5.21. The van der Waals surface area contributed by atoms with Crippen molar-refractivity contribution in [1.29, 1.82) is 0 Å². The van der Waals surface area contributed by atoms with Gasteiger partial charge in [0.15, 0.2) is 0 Å². The first-order valence-electron chi connectivity index (χ1n) is 2.39. The van der Waals surface area contributed by atoms with Gasteiger partial charge in [-0.1, -0.05) is 6.08 Å². The fourth-order valence-corrected chi connectivity index (χ4v) is 0.504. The van der Waals surface area contributed by atoms with Crippen molar-refractivity contribution >= 4 is 0 Å². The Morgan fingerprint density at radius 2 is 2.43 bits per heavy atom. The van der Waals surface area contributed by atoms with E-state index >= 15 is 0 Å². The fourth-order valence-electron chi connectivity index (χ4n) is 0.504. The normalized spacial score (nSPS) is 18.7. The monoisotopic (exact) mass is 99.1 g/mol. The second-order valence-electron chi connectivity index (χ2n) is 1.59. The zero-order valence-corrected chi connectivity index (χ0v) is 4.18. The lowest BCUT2D eigenvalue weighted by molar-refractivity contribution is 0.103. The van der Waals surface area contributed by atoms with Crippen molar-refractivity contribution in [3.05, 3.63) is 11.6 Å². The Kier molecular flexibility index (Phi) is 1.44. The summed E-state index contributed by atoms with van der Waals surface area (Å²) in [4.78, 5) is 0. The molecule has 7 heavy (non-hydrogen) atoms. The minimum Gasteiger partial charge on any atom is -0.373 e. The summed E-state index contributed by atoms with van der Waals surface area (Å²) >= 11 is 0. The zero-order chi connectivity index (χ0) is 5.11. The molecule has 40 valence electrons. The molecule has 2 nitrogen and oxygen atoms in total. The lowest BCUT2D eigenvalue weighted by atomic mass is 10.2. The fraction of sp³-hybridized carbons (Fsp3) is 0.600. The second kappa shape index (κ2) is 2.09. The van der Waals surface area contributed by atoms with Gasteiger partial charge in [0, 0.05) is 6.54 Å². The van der Waals surface area contributed by atoms with Crippen LogP contribution >= 0.6 is 0 Å². The summed E-state index contributed by atoms with van der Waals surface area (Å²) in [6.45, 7) is 2.26. The molecular formula is C5H9NO. The second-order valence-corrected chi connectivity index (χ2v) is 1.59. The molecular weight excluding hydrogens is 90.1 g/mol. The van der Waals surface area contributed by atoms with E-state index in [4.69, 9.17) is 10.5 Å². The van der Waals surface area contributed by atoms with Crippen LogP contribution in [0.25, 0.3) is 0 Å². The number of rotatable bonds is 1. The van der Waals surface area contributed by atoms with Crippen molar-refractivity contribution in [2.45, 2.75) is 0 Å². The van der Waals surface area contributed by atoms with Crippen molar-refractivity contribution in [3.8, 4) is 0 Å². The number of hydrogen-bond donors (Lipinski definition) is 1. The molecule has 0 bridgehead atoms. The maximum Gasteiger partial charge on any atom is 0.0703 e. The lowest BCUT2D eigenvalue weighted by Crippen LogP contribution is -2.17. The highest BCUT2D eigenvalue weighted by molar-refractivity contribution is 5.08. The average Bonchev–Trinajstić information content (AvgIpc) is 1.55.